The number of esters is 1. The molecule has 12 nitrogen and oxygen atoms in total. The summed E-state index contributed by atoms with van der Waals surface area (Å²) in [5, 5.41) is 14.6. The molecule has 1 aromatic rings. The fourth-order valence-corrected chi connectivity index (χ4v) is 6.07. The second kappa shape index (κ2) is 14.6. The molecule has 0 unspecified atom stereocenters. The first-order chi connectivity index (χ1) is 21.1. The maximum Gasteiger partial charge on any atom is 0.410 e. The molecule has 1 saturated heterocycles. The van der Waals surface area contributed by atoms with Crippen molar-refractivity contribution in [3.8, 4) is 0 Å². The zero-order valence-corrected chi connectivity index (χ0v) is 25.8. The Balaban J connectivity index is 1.53. The van der Waals surface area contributed by atoms with Crippen LogP contribution in [0.15, 0.2) is 36.4 Å². The number of hydrogen-bond acceptors (Lipinski definition) is 7. The third-order valence-corrected chi connectivity index (χ3v) is 8.55. The van der Waals surface area contributed by atoms with E-state index in [0.717, 1.165) is 18.4 Å². The summed E-state index contributed by atoms with van der Waals surface area (Å²) in [6, 6.07) is 5.74. The highest BCUT2D eigenvalue weighted by molar-refractivity contribution is 5.96. The summed E-state index contributed by atoms with van der Waals surface area (Å²) in [6.45, 7) is 6.52. The third kappa shape index (κ3) is 7.51. The summed E-state index contributed by atoms with van der Waals surface area (Å²) < 4.78 is 11.1. The first-order valence-electron chi connectivity index (χ1n) is 15.6. The SMILES string of the molecule is CC/C=C\[C@@H]1C[C@]1(NC(=O)[C@@H]1C[C@@H](OC(=O)N2CCc3ccccc3C2)CN1C(=O)[C@H](CCCC)NC(=O)O)C(=O)OCC. The van der Waals surface area contributed by atoms with Crippen LogP contribution in [0.5, 0.6) is 0 Å². The molecule has 0 aromatic heterocycles. The van der Waals surface area contributed by atoms with Crippen LogP contribution >= 0.6 is 0 Å². The fraction of sp³-hybridized carbons (Fsp3) is 0.594. The Hall–Kier alpha value is -4.09. The first kappa shape index (κ1) is 32.8. The highest BCUT2D eigenvalue weighted by atomic mass is 16.6. The molecule has 12 heteroatoms. The number of carboxylic acid groups (broad SMARTS) is 1. The zero-order valence-electron chi connectivity index (χ0n) is 25.8. The van der Waals surface area contributed by atoms with E-state index < -0.39 is 53.7 Å². The molecular formula is C32H44N4O8. The smallest absolute Gasteiger partial charge is 0.410 e. The van der Waals surface area contributed by atoms with E-state index in [1.54, 1.807) is 11.8 Å². The van der Waals surface area contributed by atoms with Gasteiger partial charge in [-0.25, -0.2) is 14.4 Å². The van der Waals surface area contributed by atoms with E-state index in [1.807, 2.05) is 50.3 Å². The van der Waals surface area contributed by atoms with Crippen LogP contribution in [-0.2, 0) is 36.8 Å². The molecule has 5 atom stereocenters. The lowest BCUT2D eigenvalue weighted by Gasteiger charge is -2.29. The standard InChI is InChI=1S/C32H44N4O8/c1-4-7-13-23-18-32(23,29(39)43-6-3)34-27(37)26-17-24(20-36(26)28(38)25(14-8-5-2)33-30(40)41)44-31(42)35-16-15-21-11-9-10-12-22(21)19-35/h7,9-13,23-26,33H,4-6,8,14-20H2,1-3H3,(H,34,37)(H,40,41)/b13-7-/t23-,24-,25+,26+,32-/m1/s1. The number of benzene rings is 1. The second-order valence-electron chi connectivity index (χ2n) is 11.7. The van der Waals surface area contributed by atoms with E-state index in [2.05, 4.69) is 10.6 Å². The average molecular weight is 613 g/mol. The molecule has 2 heterocycles. The van der Waals surface area contributed by atoms with Gasteiger partial charge in [-0.3, -0.25) is 9.59 Å². The summed E-state index contributed by atoms with van der Waals surface area (Å²) in [4.78, 5) is 68.2. The van der Waals surface area contributed by atoms with E-state index in [9.17, 15) is 29.1 Å². The van der Waals surface area contributed by atoms with Crippen molar-refractivity contribution in [1.29, 1.82) is 0 Å². The van der Waals surface area contributed by atoms with Crippen molar-refractivity contribution < 1.29 is 38.6 Å². The third-order valence-electron chi connectivity index (χ3n) is 8.55. The monoisotopic (exact) mass is 612 g/mol. The van der Waals surface area contributed by atoms with Gasteiger partial charge in [-0.1, -0.05) is 63.1 Å². The molecule has 3 N–H and O–H groups in total. The van der Waals surface area contributed by atoms with Crippen LogP contribution in [0.2, 0.25) is 0 Å². The molecule has 44 heavy (non-hydrogen) atoms. The van der Waals surface area contributed by atoms with Crippen LogP contribution in [0, 0.1) is 5.92 Å². The number of likely N-dealkylation sites (tertiary alicyclic amines) is 1. The van der Waals surface area contributed by atoms with Gasteiger partial charge in [-0.15, -0.1) is 0 Å². The number of nitrogens with zero attached hydrogens (tertiary/aromatic N) is 2. The average Bonchev–Trinajstić information content (AvgIpc) is 3.55. The van der Waals surface area contributed by atoms with Crippen LogP contribution in [0.1, 0.15) is 70.4 Å². The quantitative estimate of drug-likeness (QED) is 0.240. The molecule has 0 radical (unpaired) electrons. The van der Waals surface area contributed by atoms with Gasteiger partial charge in [0.15, 0.2) is 0 Å². The second-order valence-corrected chi connectivity index (χ2v) is 11.7. The van der Waals surface area contributed by atoms with Gasteiger partial charge < -0.3 is 35.0 Å². The van der Waals surface area contributed by atoms with E-state index in [-0.39, 0.29) is 31.9 Å². The molecular weight excluding hydrogens is 568 g/mol. The van der Waals surface area contributed by atoms with Crippen molar-refractivity contribution in [3.05, 3.63) is 47.5 Å². The number of carbonyl (C=O) groups excluding carboxylic acids is 4. The van der Waals surface area contributed by atoms with Crippen LogP contribution in [0.4, 0.5) is 9.59 Å². The Morgan fingerprint density at radius 2 is 1.89 bits per heavy atom. The predicted octanol–water partition coefficient (Wildman–Crippen LogP) is 3.38. The van der Waals surface area contributed by atoms with Crippen molar-refractivity contribution in [2.45, 2.75) is 96.0 Å². The van der Waals surface area contributed by atoms with Gasteiger partial charge in [0.05, 0.1) is 13.2 Å². The molecule has 1 aliphatic carbocycles. The number of allylic oxidation sites excluding steroid dienone is 1. The van der Waals surface area contributed by atoms with E-state index in [1.165, 1.54) is 10.5 Å². The summed E-state index contributed by atoms with van der Waals surface area (Å²) in [5.74, 6) is -1.95. The van der Waals surface area contributed by atoms with Crippen LogP contribution in [0.25, 0.3) is 0 Å². The molecule has 240 valence electrons. The lowest BCUT2D eigenvalue weighted by Crippen LogP contribution is -2.56. The Morgan fingerprint density at radius 3 is 2.57 bits per heavy atom. The summed E-state index contributed by atoms with van der Waals surface area (Å²) in [7, 11) is 0. The molecule has 0 bridgehead atoms. The van der Waals surface area contributed by atoms with Crippen LogP contribution in [-0.4, -0.2) is 88.3 Å². The summed E-state index contributed by atoms with van der Waals surface area (Å²) >= 11 is 0. The lowest BCUT2D eigenvalue weighted by molar-refractivity contribution is -0.150. The van der Waals surface area contributed by atoms with Gasteiger partial charge >= 0.3 is 18.2 Å². The molecule has 0 spiro atoms. The predicted molar refractivity (Wildman–Crippen MR) is 160 cm³/mol. The molecule has 4 rings (SSSR count). The van der Waals surface area contributed by atoms with Crippen molar-refractivity contribution in [3.63, 3.8) is 0 Å². The maximum absolute atomic E-state index is 13.8. The Morgan fingerprint density at radius 1 is 1.14 bits per heavy atom. The fourth-order valence-electron chi connectivity index (χ4n) is 6.07. The van der Waals surface area contributed by atoms with E-state index in [4.69, 9.17) is 9.47 Å². The van der Waals surface area contributed by atoms with Gasteiger partial charge in [-0.2, -0.15) is 0 Å². The first-order valence-corrected chi connectivity index (χ1v) is 15.6. The number of fused-ring (bicyclic) bond motifs is 1. The van der Waals surface area contributed by atoms with Crippen molar-refractivity contribution >= 4 is 30.0 Å². The highest BCUT2D eigenvalue weighted by Crippen LogP contribution is 2.46. The maximum atomic E-state index is 13.8. The number of rotatable bonds is 12. The number of unbranched alkanes of at least 4 members (excludes halogenated alkanes) is 1. The minimum absolute atomic E-state index is 0.00960. The lowest BCUT2D eigenvalue weighted by atomic mass is 10.0. The molecule has 1 aromatic carbocycles. The molecule has 3 aliphatic rings. The Bertz CT molecular complexity index is 1270. The normalized spacial score (nSPS) is 24.8. The number of nitrogens with one attached hydrogen (secondary N) is 2. The number of ether oxygens (including phenoxy) is 2. The molecule has 1 saturated carbocycles. The molecule has 4 amide bonds. The summed E-state index contributed by atoms with van der Waals surface area (Å²) in [6.07, 6.45) is 4.52. The van der Waals surface area contributed by atoms with E-state index in [0.29, 0.717) is 32.4 Å². The number of amides is 4. The van der Waals surface area contributed by atoms with Gasteiger partial charge in [0.1, 0.15) is 23.7 Å². The topological polar surface area (TPSA) is 155 Å². The Labute approximate surface area is 258 Å². The number of carbonyl (C=O) groups is 5. The van der Waals surface area contributed by atoms with Gasteiger partial charge in [0.2, 0.25) is 11.8 Å². The van der Waals surface area contributed by atoms with Crippen LogP contribution < -0.4 is 10.6 Å². The minimum atomic E-state index is -1.35. The van der Waals surface area contributed by atoms with Crippen LogP contribution in [0.3, 0.4) is 0 Å². The minimum Gasteiger partial charge on any atom is -0.465 e. The van der Waals surface area contributed by atoms with Gasteiger partial charge in [0.25, 0.3) is 0 Å². The van der Waals surface area contributed by atoms with Gasteiger partial charge in [-0.05, 0) is 43.7 Å². The summed E-state index contributed by atoms with van der Waals surface area (Å²) in [5.41, 5.74) is 0.970. The number of hydrogen-bond donors (Lipinski definition) is 3. The molecule has 2 fully saturated rings. The van der Waals surface area contributed by atoms with Gasteiger partial charge in [0, 0.05) is 25.4 Å². The Kier molecular flexibility index (Phi) is 10.9. The van der Waals surface area contributed by atoms with Crippen molar-refractivity contribution in [2.24, 2.45) is 5.92 Å². The van der Waals surface area contributed by atoms with E-state index >= 15 is 0 Å². The largest absolute Gasteiger partial charge is 0.465 e. The van der Waals surface area contributed by atoms with Crippen molar-refractivity contribution in [1.82, 2.24) is 20.4 Å². The zero-order chi connectivity index (χ0) is 31.9. The highest BCUT2D eigenvalue weighted by Gasteiger charge is 2.62. The van der Waals surface area contributed by atoms with Crippen molar-refractivity contribution in [2.75, 3.05) is 19.7 Å². The molecule has 2 aliphatic heterocycles.